The zero-order valence-electron chi connectivity index (χ0n) is 16.4. The van der Waals surface area contributed by atoms with E-state index in [2.05, 4.69) is 28.5 Å². The van der Waals surface area contributed by atoms with Crippen molar-refractivity contribution in [2.45, 2.75) is 36.3 Å². The fourth-order valence-corrected chi connectivity index (χ4v) is 4.34. The van der Waals surface area contributed by atoms with E-state index in [-0.39, 0.29) is 24.5 Å². The highest BCUT2D eigenvalue weighted by Gasteiger charge is 2.12. The van der Waals surface area contributed by atoms with Crippen molar-refractivity contribution in [3.8, 4) is 6.07 Å². The quantitative estimate of drug-likeness (QED) is 0.292. The van der Waals surface area contributed by atoms with Gasteiger partial charge in [0.05, 0.1) is 11.6 Å². The summed E-state index contributed by atoms with van der Waals surface area (Å²) in [5.74, 6) is 0.386. The van der Waals surface area contributed by atoms with Gasteiger partial charge in [-0.2, -0.15) is 5.26 Å². The van der Waals surface area contributed by atoms with Gasteiger partial charge in [0.1, 0.15) is 0 Å². The van der Waals surface area contributed by atoms with Crippen LogP contribution in [0.2, 0.25) is 0 Å². The van der Waals surface area contributed by atoms with E-state index >= 15 is 0 Å². The predicted octanol–water partition coefficient (Wildman–Crippen LogP) is 4.87. The van der Waals surface area contributed by atoms with Crippen LogP contribution in [-0.4, -0.2) is 21.9 Å². The Kier molecular flexibility index (Phi) is 7.71. The maximum Gasteiger partial charge on any atom is 0.226 e. The number of ketones is 1. The van der Waals surface area contributed by atoms with E-state index in [1.807, 2.05) is 24.3 Å². The van der Waals surface area contributed by atoms with Crippen LogP contribution in [0.5, 0.6) is 0 Å². The lowest BCUT2D eigenvalue weighted by molar-refractivity contribution is -0.116. The Morgan fingerprint density at radius 3 is 2.40 bits per heavy atom. The third-order valence-electron chi connectivity index (χ3n) is 4.36. The lowest BCUT2D eigenvalue weighted by atomic mass is 10.0. The van der Waals surface area contributed by atoms with Crippen LogP contribution in [0.15, 0.2) is 52.9 Å². The fraction of sp³-hybridized carbons (Fsp3) is 0.227. The Bertz CT molecular complexity index is 1050. The number of carbonyl (C=O) groups is 2. The van der Waals surface area contributed by atoms with Crippen molar-refractivity contribution in [2.24, 2.45) is 0 Å². The first-order valence-corrected chi connectivity index (χ1v) is 11.2. The van der Waals surface area contributed by atoms with Gasteiger partial charge >= 0.3 is 0 Å². The Balaban J connectivity index is 1.44. The molecule has 1 heterocycles. The van der Waals surface area contributed by atoms with Crippen LogP contribution in [0.1, 0.15) is 46.8 Å². The summed E-state index contributed by atoms with van der Waals surface area (Å²) < 4.78 is 0.738. The number of aryl methyl sites for hydroxylation is 1. The summed E-state index contributed by atoms with van der Waals surface area (Å²) in [6.45, 7) is 2.06. The molecule has 1 aromatic heterocycles. The molecule has 0 radical (unpaired) electrons. The fourth-order valence-electron chi connectivity index (χ4n) is 2.62. The summed E-state index contributed by atoms with van der Waals surface area (Å²) in [4.78, 5) is 24.4. The largest absolute Gasteiger partial charge is 0.300 e. The minimum atomic E-state index is -0.256. The molecule has 3 rings (SSSR count). The van der Waals surface area contributed by atoms with Gasteiger partial charge in [-0.05, 0) is 29.7 Å². The highest BCUT2D eigenvalue weighted by Crippen LogP contribution is 2.28. The molecule has 0 aliphatic carbocycles. The number of benzene rings is 2. The number of hydrogen-bond donors (Lipinski definition) is 1. The molecule has 152 valence electrons. The molecule has 1 amide bonds. The molecule has 1 N–H and O–H groups in total. The molecular formula is C22H20N4O2S2. The van der Waals surface area contributed by atoms with Crippen molar-refractivity contribution in [3.63, 3.8) is 0 Å². The molecule has 0 spiro atoms. The minimum absolute atomic E-state index is 0.0521. The van der Waals surface area contributed by atoms with E-state index in [4.69, 9.17) is 5.26 Å². The standard InChI is InChI=1S/C22H20N4O2S2/c1-2-15-7-9-18(10-8-15)19(27)11-12-20(28)24-21-25-26-22(30-21)29-14-17-5-3-16(13-23)4-6-17/h3-10H,2,11-12,14H2,1H3,(H,24,25,28). The van der Waals surface area contributed by atoms with Gasteiger partial charge in [-0.25, -0.2) is 0 Å². The third kappa shape index (κ3) is 6.24. The lowest BCUT2D eigenvalue weighted by Gasteiger charge is -2.03. The molecule has 8 heteroatoms. The van der Waals surface area contributed by atoms with Crippen LogP contribution in [-0.2, 0) is 17.0 Å². The van der Waals surface area contributed by atoms with Crippen LogP contribution in [0.3, 0.4) is 0 Å². The Morgan fingerprint density at radius 2 is 1.73 bits per heavy atom. The van der Waals surface area contributed by atoms with Gasteiger partial charge in [-0.3, -0.25) is 9.59 Å². The maximum absolute atomic E-state index is 12.2. The zero-order chi connectivity index (χ0) is 21.3. The number of Topliss-reactive ketones (excluding diaryl/α,β-unsaturated/α-hetero) is 1. The second-order valence-electron chi connectivity index (χ2n) is 6.49. The van der Waals surface area contributed by atoms with Gasteiger partial charge in [0, 0.05) is 24.2 Å². The molecule has 3 aromatic rings. The van der Waals surface area contributed by atoms with E-state index < -0.39 is 0 Å². The summed E-state index contributed by atoms with van der Waals surface area (Å²) in [5.41, 5.74) is 3.50. The highest BCUT2D eigenvalue weighted by atomic mass is 32.2. The first-order valence-electron chi connectivity index (χ1n) is 9.44. The van der Waals surface area contributed by atoms with Crippen molar-refractivity contribution in [2.75, 3.05) is 5.32 Å². The SMILES string of the molecule is CCc1ccc(C(=O)CCC(=O)Nc2nnc(SCc3ccc(C#N)cc3)s2)cc1. The zero-order valence-corrected chi connectivity index (χ0v) is 18.1. The molecule has 0 bridgehead atoms. The molecule has 0 atom stereocenters. The van der Waals surface area contributed by atoms with Crippen molar-refractivity contribution in [1.29, 1.82) is 5.26 Å². The van der Waals surface area contributed by atoms with Gasteiger partial charge in [0.25, 0.3) is 0 Å². The average molecular weight is 437 g/mol. The number of thioether (sulfide) groups is 1. The van der Waals surface area contributed by atoms with Gasteiger partial charge in [0.2, 0.25) is 11.0 Å². The molecular weight excluding hydrogens is 416 g/mol. The Hall–Kier alpha value is -3.02. The van der Waals surface area contributed by atoms with E-state index in [0.717, 1.165) is 16.3 Å². The summed E-state index contributed by atoms with van der Waals surface area (Å²) in [6, 6.07) is 16.9. The number of nitriles is 1. The second kappa shape index (κ2) is 10.7. The van der Waals surface area contributed by atoms with Crippen LogP contribution in [0, 0.1) is 11.3 Å². The first kappa shape index (κ1) is 21.7. The Labute approximate surface area is 183 Å². The van der Waals surface area contributed by atoms with E-state index in [9.17, 15) is 9.59 Å². The molecule has 0 unspecified atom stereocenters. The predicted molar refractivity (Wildman–Crippen MR) is 119 cm³/mol. The van der Waals surface area contributed by atoms with E-state index in [0.29, 0.717) is 22.0 Å². The van der Waals surface area contributed by atoms with Gasteiger partial charge in [-0.1, -0.05) is 66.4 Å². The van der Waals surface area contributed by atoms with E-state index in [1.165, 1.54) is 28.7 Å². The topological polar surface area (TPSA) is 95.7 Å². The average Bonchev–Trinajstić information content (AvgIpc) is 3.23. The van der Waals surface area contributed by atoms with Crippen LogP contribution >= 0.6 is 23.1 Å². The van der Waals surface area contributed by atoms with Crippen molar-refractivity contribution in [3.05, 3.63) is 70.8 Å². The second-order valence-corrected chi connectivity index (χ2v) is 8.69. The smallest absolute Gasteiger partial charge is 0.226 e. The Morgan fingerprint density at radius 1 is 1.03 bits per heavy atom. The number of amides is 1. The molecule has 0 aliphatic rings. The summed E-state index contributed by atoms with van der Waals surface area (Å²) in [5, 5.41) is 20.0. The molecule has 30 heavy (non-hydrogen) atoms. The highest BCUT2D eigenvalue weighted by molar-refractivity contribution is 8.00. The molecule has 0 saturated carbocycles. The van der Waals surface area contributed by atoms with Crippen LogP contribution in [0.4, 0.5) is 5.13 Å². The number of nitrogens with one attached hydrogen (secondary N) is 1. The van der Waals surface area contributed by atoms with E-state index in [1.54, 1.807) is 24.3 Å². The van der Waals surface area contributed by atoms with Gasteiger partial charge < -0.3 is 5.32 Å². The summed E-state index contributed by atoms with van der Waals surface area (Å²) in [6.07, 6.45) is 1.17. The molecule has 0 saturated heterocycles. The van der Waals surface area contributed by atoms with Crippen molar-refractivity contribution in [1.82, 2.24) is 10.2 Å². The number of hydrogen-bond acceptors (Lipinski definition) is 7. The molecule has 2 aromatic carbocycles. The maximum atomic E-state index is 12.2. The molecule has 0 aliphatic heterocycles. The number of rotatable bonds is 9. The minimum Gasteiger partial charge on any atom is -0.300 e. The van der Waals surface area contributed by atoms with Gasteiger partial charge in [0.15, 0.2) is 10.1 Å². The molecule has 0 fully saturated rings. The third-order valence-corrected chi connectivity index (χ3v) is 6.40. The lowest BCUT2D eigenvalue weighted by Crippen LogP contribution is -2.13. The number of anilines is 1. The van der Waals surface area contributed by atoms with Crippen molar-refractivity contribution >= 4 is 39.9 Å². The normalized spacial score (nSPS) is 10.4. The van der Waals surface area contributed by atoms with Crippen LogP contribution < -0.4 is 5.32 Å². The number of nitrogens with zero attached hydrogens (tertiary/aromatic N) is 3. The number of aromatic nitrogens is 2. The van der Waals surface area contributed by atoms with Crippen LogP contribution in [0.25, 0.3) is 0 Å². The summed E-state index contributed by atoms with van der Waals surface area (Å²) >= 11 is 2.80. The van der Waals surface area contributed by atoms with Gasteiger partial charge in [-0.15, -0.1) is 10.2 Å². The van der Waals surface area contributed by atoms with Crippen molar-refractivity contribution < 1.29 is 9.59 Å². The monoisotopic (exact) mass is 436 g/mol. The first-order chi connectivity index (χ1) is 14.6. The summed E-state index contributed by atoms with van der Waals surface area (Å²) in [7, 11) is 0. The number of carbonyl (C=O) groups excluding carboxylic acids is 2. The molecule has 6 nitrogen and oxygen atoms in total.